The summed E-state index contributed by atoms with van der Waals surface area (Å²) in [5, 5.41) is 19.3. The Morgan fingerprint density at radius 3 is 2.78 bits per heavy atom. The quantitative estimate of drug-likeness (QED) is 0.624. The fourth-order valence-corrected chi connectivity index (χ4v) is 4.13. The summed E-state index contributed by atoms with van der Waals surface area (Å²) in [7, 11) is 0. The molecule has 1 aromatic carbocycles. The van der Waals surface area contributed by atoms with Gasteiger partial charge in [-0.1, -0.05) is 22.0 Å². The topological polar surface area (TPSA) is 77.8 Å². The summed E-state index contributed by atoms with van der Waals surface area (Å²) in [6.07, 6.45) is 6.31. The molecule has 2 aliphatic rings. The van der Waals surface area contributed by atoms with Gasteiger partial charge in [-0.2, -0.15) is 0 Å². The number of likely N-dealkylation sites (tertiary alicyclic amines) is 1. The number of hydrogen-bond acceptors (Lipinski definition) is 4. The highest BCUT2D eigenvalue weighted by Crippen LogP contribution is 2.39. The largest absolute Gasteiger partial charge is 0.504 e. The molecule has 0 saturated carbocycles. The molecule has 0 spiro atoms. The molecule has 1 aliphatic heterocycles. The van der Waals surface area contributed by atoms with E-state index in [1.807, 2.05) is 6.08 Å². The number of nitrogens with zero attached hydrogens (tertiary/aromatic N) is 1. The number of aromatic hydroxyl groups is 2. The standard InChI is InChI=1S/C17H18BrNO4/c18-14-8-17(23)16(22)7-11(14)6-15-13-2-1-12(21)5-10(13)3-4-19(15)9-20/h1-2,7-10,13,15,22-23H,3-6H2/t10?,13?,15-/m0/s1. The Labute approximate surface area is 142 Å². The van der Waals surface area contributed by atoms with Crippen molar-refractivity contribution in [3.63, 3.8) is 0 Å². The zero-order chi connectivity index (χ0) is 16.6. The molecule has 1 aromatic rings. The molecular formula is C17H18BrNO4. The molecule has 2 unspecified atom stereocenters. The van der Waals surface area contributed by atoms with Crippen molar-refractivity contribution in [2.45, 2.75) is 25.3 Å². The molecule has 2 N–H and O–H groups in total. The number of benzene rings is 1. The van der Waals surface area contributed by atoms with Crippen LogP contribution in [0.5, 0.6) is 11.5 Å². The molecular weight excluding hydrogens is 362 g/mol. The van der Waals surface area contributed by atoms with E-state index in [-0.39, 0.29) is 35.2 Å². The number of rotatable bonds is 3. The van der Waals surface area contributed by atoms with Crippen molar-refractivity contribution in [2.75, 3.05) is 6.54 Å². The minimum absolute atomic E-state index is 0.0594. The fraction of sp³-hybridized carbons (Fsp3) is 0.412. The third kappa shape index (κ3) is 3.13. The first-order chi connectivity index (χ1) is 11.0. The monoisotopic (exact) mass is 379 g/mol. The summed E-state index contributed by atoms with van der Waals surface area (Å²) in [5.41, 5.74) is 0.822. The fourth-order valence-electron chi connectivity index (χ4n) is 3.64. The van der Waals surface area contributed by atoms with Crippen LogP contribution in [0.3, 0.4) is 0 Å². The number of phenols is 2. The van der Waals surface area contributed by atoms with Crippen LogP contribution in [0.15, 0.2) is 28.8 Å². The number of hydrogen-bond donors (Lipinski definition) is 2. The average molecular weight is 380 g/mol. The van der Waals surface area contributed by atoms with Crippen LogP contribution in [-0.4, -0.2) is 39.9 Å². The van der Waals surface area contributed by atoms with Gasteiger partial charge >= 0.3 is 0 Å². The van der Waals surface area contributed by atoms with Gasteiger partial charge in [-0.15, -0.1) is 0 Å². The molecule has 0 bridgehead atoms. The van der Waals surface area contributed by atoms with Gasteiger partial charge in [-0.25, -0.2) is 0 Å². The molecule has 3 rings (SSSR count). The Bertz CT molecular complexity index is 673. The lowest BCUT2D eigenvalue weighted by molar-refractivity contribution is -0.124. The van der Waals surface area contributed by atoms with Gasteiger partial charge in [0.2, 0.25) is 6.41 Å². The number of phenolic OH excluding ortho intramolecular Hbond substituents is 2. The highest BCUT2D eigenvalue weighted by molar-refractivity contribution is 9.10. The Balaban J connectivity index is 1.91. The maximum Gasteiger partial charge on any atom is 0.209 e. The lowest BCUT2D eigenvalue weighted by Crippen LogP contribution is -2.50. The molecule has 23 heavy (non-hydrogen) atoms. The number of carbonyl (C=O) groups is 2. The van der Waals surface area contributed by atoms with Gasteiger partial charge in [0.15, 0.2) is 17.3 Å². The SMILES string of the molecule is O=CN1CCC2CC(=O)C=CC2[C@@H]1Cc1cc(O)c(O)cc1Br. The molecule has 1 fully saturated rings. The van der Waals surface area contributed by atoms with Crippen molar-refractivity contribution < 1.29 is 19.8 Å². The Hall–Kier alpha value is -1.82. The normalized spacial score (nSPS) is 26.9. The van der Waals surface area contributed by atoms with Crippen LogP contribution in [0.4, 0.5) is 0 Å². The van der Waals surface area contributed by atoms with Crippen molar-refractivity contribution in [1.29, 1.82) is 0 Å². The molecule has 6 heteroatoms. The van der Waals surface area contributed by atoms with E-state index in [1.165, 1.54) is 12.1 Å². The number of fused-ring (bicyclic) bond motifs is 1. The summed E-state index contributed by atoms with van der Waals surface area (Å²) >= 11 is 3.40. The third-order valence-electron chi connectivity index (χ3n) is 4.85. The zero-order valence-corrected chi connectivity index (χ0v) is 14.1. The van der Waals surface area contributed by atoms with Gasteiger partial charge in [-0.05, 0) is 42.5 Å². The second-order valence-corrected chi connectivity index (χ2v) is 7.06. The van der Waals surface area contributed by atoms with E-state index in [9.17, 15) is 19.8 Å². The first kappa shape index (κ1) is 16.1. The van der Waals surface area contributed by atoms with Gasteiger partial charge in [-0.3, -0.25) is 9.59 Å². The van der Waals surface area contributed by atoms with E-state index >= 15 is 0 Å². The summed E-state index contributed by atoms with van der Waals surface area (Å²) in [5.74, 6) is 0.181. The Morgan fingerprint density at radius 1 is 1.30 bits per heavy atom. The Morgan fingerprint density at radius 2 is 2.04 bits per heavy atom. The number of ketones is 1. The van der Waals surface area contributed by atoms with E-state index in [0.29, 0.717) is 23.9 Å². The average Bonchev–Trinajstić information content (AvgIpc) is 2.52. The zero-order valence-electron chi connectivity index (χ0n) is 12.5. The van der Waals surface area contributed by atoms with Crippen LogP contribution in [0.25, 0.3) is 0 Å². The van der Waals surface area contributed by atoms with E-state index in [4.69, 9.17) is 0 Å². The van der Waals surface area contributed by atoms with Crippen LogP contribution in [0, 0.1) is 11.8 Å². The molecule has 1 amide bonds. The number of halogens is 1. The van der Waals surface area contributed by atoms with Crippen LogP contribution in [0.2, 0.25) is 0 Å². The van der Waals surface area contributed by atoms with Crippen LogP contribution in [0.1, 0.15) is 18.4 Å². The molecule has 5 nitrogen and oxygen atoms in total. The van der Waals surface area contributed by atoms with Crippen molar-refractivity contribution in [2.24, 2.45) is 11.8 Å². The third-order valence-corrected chi connectivity index (χ3v) is 5.59. The van der Waals surface area contributed by atoms with Crippen molar-refractivity contribution >= 4 is 28.1 Å². The van der Waals surface area contributed by atoms with Gasteiger partial charge in [0.25, 0.3) is 0 Å². The molecule has 0 aromatic heterocycles. The number of carbonyl (C=O) groups excluding carboxylic acids is 2. The summed E-state index contributed by atoms with van der Waals surface area (Å²) in [6.45, 7) is 0.637. The smallest absolute Gasteiger partial charge is 0.209 e. The predicted molar refractivity (Wildman–Crippen MR) is 88.1 cm³/mol. The van der Waals surface area contributed by atoms with Gasteiger partial charge in [0.1, 0.15) is 0 Å². The van der Waals surface area contributed by atoms with E-state index in [1.54, 1.807) is 11.0 Å². The molecule has 1 saturated heterocycles. The second-order valence-electron chi connectivity index (χ2n) is 6.20. The lowest BCUT2D eigenvalue weighted by atomic mass is 9.72. The van der Waals surface area contributed by atoms with Crippen LogP contribution < -0.4 is 0 Å². The molecule has 1 aliphatic carbocycles. The van der Waals surface area contributed by atoms with Gasteiger partial charge in [0.05, 0.1) is 0 Å². The van der Waals surface area contributed by atoms with E-state index < -0.39 is 0 Å². The van der Waals surface area contributed by atoms with Crippen molar-refractivity contribution in [3.05, 3.63) is 34.3 Å². The minimum atomic E-state index is -0.183. The van der Waals surface area contributed by atoms with Gasteiger partial charge in [0, 0.05) is 29.4 Å². The molecule has 122 valence electrons. The molecule has 1 heterocycles. The Kier molecular flexibility index (Phi) is 4.43. The summed E-state index contributed by atoms with van der Waals surface area (Å²) in [6, 6.07) is 2.91. The molecule has 0 radical (unpaired) electrons. The molecule has 3 atom stereocenters. The summed E-state index contributed by atoms with van der Waals surface area (Å²) in [4.78, 5) is 24.8. The van der Waals surface area contributed by atoms with E-state index in [0.717, 1.165) is 18.4 Å². The lowest BCUT2D eigenvalue weighted by Gasteiger charge is -2.44. The highest BCUT2D eigenvalue weighted by Gasteiger charge is 2.38. The number of allylic oxidation sites excluding steroid dienone is 1. The number of piperidine rings is 1. The predicted octanol–water partition coefficient (Wildman–Crippen LogP) is 2.39. The second kappa shape index (κ2) is 6.35. The van der Waals surface area contributed by atoms with Crippen molar-refractivity contribution in [3.8, 4) is 11.5 Å². The van der Waals surface area contributed by atoms with Crippen LogP contribution in [-0.2, 0) is 16.0 Å². The summed E-state index contributed by atoms with van der Waals surface area (Å²) < 4.78 is 0.691. The maximum absolute atomic E-state index is 11.6. The number of amides is 1. The van der Waals surface area contributed by atoms with Crippen molar-refractivity contribution in [1.82, 2.24) is 4.90 Å². The van der Waals surface area contributed by atoms with Gasteiger partial charge < -0.3 is 15.1 Å². The highest BCUT2D eigenvalue weighted by atomic mass is 79.9. The van der Waals surface area contributed by atoms with E-state index in [2.05, 4.69) is 15.9 Å². The first-order valence-corrected chi connectivity index (χ1v) is 8.41. The van der Waals surface area contributed by atoms with Crippen LogP contribution >= 0.6 is 15.9 Å². The maximum atomic E-state index is 11.6. The minimum Gasteiger partial charge on any atom is -0.504 e. The first-order valence-electron chi connectivity index (χ1n) is 7.62.